The van der Waals surface area contributed by atoms with E-state index in [4.69, 9.17) is 5.73 Å². The van der Waals surface area contributed by atoms with E-state index in [0.29, 0.717) is 6.42 Å². The molecule has 5 nitrogen and oxygen atoms in total. The van der Waals surface area contributed by atoms with Crippen LogP contribution in [0.25, 0.3) is 0 Å². The molecular formula is C16H31N3O2. The summed E-state index contributed by atoms with van der Waals surface area (Å²) in [4.78, 5) is 25.7. The fourth-order valence-corrected chi connectivity index (χ4v) is 2.69. The molecule has 1 aliphatic heterocycles. The summed E-state index contributed by atoms with van der Waals surface area (Å²) in [5.74, 6) is 0.431. The van der Waals surface area contributed by atoms with Crippen LogP contribution in [0.2, 0.25) is 0 Å². The summed E-state index contributed by atoms with van der Waals surface area (Å²) in [6.07, 6.45) is 6.52. The van der Waals surface area contributed by atoms with E-state index in [1.807, 2.05) is 18.7 Å². The highest BCUT2D eigenvalue weighted by atomic mass is 16.2. The smallest absolute Gasteiger partial charge is 0.225 e. The Labute approximate surface area is 128 Å². The first-order chi connectivity index (χ1) is 10.0. The van der Waals surface area contributed by atoms with Crippen molar-refractivity contribution in [2.45, 2.75) is 64.8 Å². The summed E-state index contributed by atoms with van der Waals surface area (Å²) < 4.78 is 0. The zero-order valence-corrected chi connectivity index (χ0v) is 13.6. The van der Waals surface area contributed by atoms with Gasteiger partial charge in [-0.2, -0.15) is 0 Å². The number of nitrogens with one attached hydrogen (secondary N) is 1. The Hall–Kier alpha value is -1.10. The molecule has 0 bridgehead atoms. The Morgan fingerprint density at radius 2 is 1.76 bits per heavy atom. The average Bonchev–Trinajstić information content (AvgIpc) is 2.47. The second-order valence-corrected chi connectivity index (χ2v) is 6.27. The molecule has 0 spiro atoms. The molecule has 0 atom stereocenters. The molecule has 1 fully saturated rings. The Morgan fingerprint density at radius 1 is 1.14 bits per heavy atom. The van der Waals surface area contributed by atoms with Crippen LogP contribution in [0.1, 0.15) is 58.8 Å². The van der Waals surface area contributed by atoms with Gasteiger partial charge in [-0.1, -0.05) is 26.7 Å². The van der Waals surface area contributed by atoms with E-state index in [-0.39, 0.29) is 23.8 Å². The van der Waals surface area contributed by atoms with Crippen LogP contribution in [0.4, 0.5) is 0 Å². The van der Waals surface area contributed by atoms with Crippen molar-refractivity contribution in [3.8, 4) is 0 Å². The van der Waals surface area contributed by atoms with Crippen molar-refractivity contribution in [1.82, 2.24) is 10.2 Å². The fourth-order valence-electron chi connectivity index (χ4n) is 2.69. The number of likely N-dealkylation sites (tertiary alicyclic amines) is 1. The topological polar surface area (TPSA) is 75.4 Å². The summed E-state index contributed by atoms with van der Waals surface area (Å²) in [7, 11) is 0. The van der Waals surface area contributed by atoms with Gasteiger partial charge in [0, 0.05) is 31.5 Å². The van der Waals surface area contributed by atoms with Gasteiger partial charge in [0.05, 0.1) is 0 Å². The molecule has 122 valence electrons. The predicted molar refractivity (Wildman–Crippen MR) is 84.7 cm³/mol. The summed E-state index contributed by atoms with van der Waals surface area (Å²) in [6.45, 7) is 6.12. The highest BCUT2D eigenvalue weighted by molar-refractivity contribution is 5.78. The predicted octanol–water partition coefficient (Wildman–Crippen LogP) is 1.66. The third-order valence-electron chi connectivity index (χ3n) is 4.02. The Bertz CT molecular complexity index is 323. The lowest BCUT2D eigenvalue weighted by molar-refractivity contribution is -0.135. The molecule has 1 heterocycles. The zero-order chi connectivity index (χ0) is 15.7. The molecule has 0 radical (unpaired) electrons. The third-order valence-corrected chi connectivity index (χ3v) is 4.02. The number of unbranched alkanes of at least 4 members (excludes halogenated alkanes) is 3. The highest BCUT2D eigenvalue weighted by Gasteiger charge is 2.24. The third kappa shape index (κ3) is 6.93. The second-order valence-electron chi connectivity index (χ2n) is 6.27. The number of rotatable bonds is 8. The van der Waals surface area contributed by atoms with Crippen LogP contribution in [0.3, 0.4) is 0 Å². The van der Waals surface area contributed by atoms with E-state index < -0.39 is 0 Å². The van der Waals surface area contributed by atoms with Crippen LogP contribution >= 0.6 is 0 Å². The molecule has 5 heteroatoms. The van der Waals surface area contributed by atoms with Gasteiger partial charge in [0.1, 0.15) is 0 Å². The molecule has 0 aliphatic carbocycles. The molecule has 0 aromatic heterocycles. The van der Waals surface area contributed by atoms with Crippen molar-refractivity contribution < 1.29 is 9.59 Å². The normalized spacial score (nSPS) is 16.3. The summed E-state index contributed by atoms with van der Waals surface area (Å²) in [5, 5.41) is 3.10. The van der Waals surface area contributed by atoms with Crippen LogP contribution in [0, 0.1) is 5.92 Å². The van der Waals surface area contributed by atoms with E-state index in [2.05, 4.69) is 5.32 Å². The van der Waals surface area contributed by atoms with Gasteiger partial charge in [-0.25, -0.2) is 0 Å². The van der Waals surface area contributed by atoms with E-state index in [0.717, 1.165) is 58.2 Å². The van der Waals surface area contributed by atoms with Crippen molar-refractivity contribution >= 4 is 11.8 Å². The minimum absolute atomic E-state index is 0.0599. The maximum absolute atomic E-state index is 11.9. The maximum atomic E-state index is 11.9. The van der Waals surface area contributed by atoms with Crippen LogP contribution in [-0.2, 0) is 9.59 Å². The Kier molecular flexibility index (Phi) is 8.35. The van der Waals surface area contributed by atoms with E-state index in [1.165, 1.54) is 0 Å². The molecule has 0 saturated carbocycles. The SMILES string of the molecule is CC(C)C(=O)N1CCC(NC(=O)CCCCCCN)CC1. The van der Waals surface area contributed by atoms with Gasteiger partial charge in [0.2, 0.25) is 11.8 Å². The van der Waals surface area contributed by atoms with Crippen LogP contribution in [0.15, 0.2) is 0 Å². The minimum atomic E-state index is 0.0599. The van der Waals surface area contributed by atoms with Crippen molar-refractivity contribution in [2.24, 2.45) is 11.7 Å². The Balaban J connectivity index is 2.14. The number of carbonyl (C=O) groups is 2. The van der Waals surface area contributed by atoms with Gasteiger partial charge in [-0.3, -0.25) is 9.59 Å². The van der Waals surface area contributed by atoms with Gasteiger partial charge in [0.15, 0.2) is 0 Å². The molecule has 0 unspecified atom stereocenters. The van der Waals surface area contributed by atoms with Gasteiger partial charge in [0.25, 0.3) is 0 Å². The quantitative estimate of drug-likeness (QED) is 0.669. The van der Waals surface area contributed by atoms with E-state index in [9.17, 15) is 9.59 Å². The van der Waals surface area contributed by atoms with E-state index in [1.54, 1.807) is 0 Å². The molecule has 3 N–H and O–H groups in total. The zero-order valence-electron chi connectivity index (χ0n) is 13.6. The molecule has 2 amide bonds. The van der Waals surface area contributed by atoms with Crippen molar-refractivity contribution in [2.75, 3.05) is 19.6 Å². The second kappa shape index (κ2) is 9.77. The van der Waals surface area contributed by atoms with Gasteiger partial charge < -0.3 is 16.0 Å². The lowest BCUT2D eigenvalue weighted by Crippen LogP contribution is -2.47. The first-order valence-corrected chi connectivity index (χ1v) is 8.32. The van der Waals surface area contributed by atoms with Crippen molar-refractivity contribution in [3.05, 3.63) is 0 Å². The van der Waals surface area contributed by atoms with Crippen molar-refractivity contribution in [1.29, 1.82) is 0 Å². The first kappa shape index (κ1) is 18.0. The molecular weight excluding hydrogens is 266 g/mol. The average molecular weight is 297 g/mol. The molecule has 0 aromatic carbocycles. The molecule has 1 saturated heterocycles. The molecule has 1 rings (SSSR count). The number of carbonyl (C=O) groups excluding carboxylic acids is 2. The molecule has 0 aromatic rings. The standard InChI is InChI=1S/C16H31N3O2/c1-13(2)16(21)19-11-8-14(9-12-19)18-15(20)7-5-3-4-6-10-17/h13-14H,3-12,17H2,1-2H3,(H,18,20). The fraction of sp³-hybridized carbons (Fsp3) is 0.875. The summed E-state index contributed by atoms with van der Waals surface area (Å²) in [6, 6.07) is 0.234. The summed E-state index contributed by atoms with van der Waals surface area (Å²) >= 11 is 0. The van der Waals surface area contributed by atoms with Crippen LogP contribution < -0.4 is 11.1 Å². The number of piperidine rings is 1. The Morgan fingerprint density at radius 3 is 2.33 bits per heavy atom. The van der Waals surface area contributed by atoms with Crippen molar-refractivity contribution in [3.63, 3.8) is 0 Å². The van der Waals surface area contributed by atoms with Gasteiger partial charge >= 0.3 is 0 Å². The monoisotopic (exact) mass is 297 g/mol. The van der Waals surface area contributed by atoms with Gasteiger partial charge in [-0.05, 0) is 32.2 Å². The largest absolute Gasteiger partial charge is 0.353 e. The van der Waals surface area contributed by atoms with Crippen LogP contribution in [-0.4, -0.2) is 42.4 Å². The lowest BCUT2D eigenvalue weighted by atomic mass is 10.0. The lowest BCUT2D eigenvalue weighted by Gasteiger charge is -2.33. The minimum Gasteiger partial charge on any atom is -0.353 e. The van der Waals surface area contributed by atoms with E-state index >= 15 is 0 Å². The molecule has 1 aliphatic rings. The molecule has 21 heavy (non-hydrogen) atoms. The first-order valence-electron chi connectivity index (χ1n) is 8.32. The number of amides is 2. The maximum Gasteiger partial charge on any atom is 0.225 e. The number of nitrogens with zero attached hydrogens (tertiary/aromatic N) is 1. The highest BCUT2D eigenvalue weighted by Crippen LogP contribution is 2.13. The van der Waals surface area contributed by atoms with Crippen LogP contribution in [0.5, 0.6) is 0 Å². The number of nitrogens with two attached hydrogens (primary N) is 1. The summed E-state index contributed by atoms with van der Waals surface area (Å²) in [5.41, 5.74) is 5.44. The van der Waals surface area contributed by atoms with Gasteiger partial charge in [-0.15, -0.1) is 0 Å². The number of hydrogen-bond donors (Lipinski definition) is 2. The number of hydrogen-bond acceptors (Lipinski definition) is 3.